The first-order valence-corrected chi connectivity index (χ1v) is 6.32. The fraction of sp³-hybridized carbons (Fsp3) is 0.462. The van der Waals surface area contributed by atoms with Crippen LogP contribution < -0.4 is 10.6 Å². The summed E-state index contributed by atoms with van der Waals surface area (Å²) in [6.45, 7) is 2.99. The van der Waals surface area contributed by atoms with Crippen LogP contribution in [0.25, 0.3) is 0 Å². The molecule has 1 heterocycles. The van der Waals surface area contributed by atoms with E-state index in [1.807, 2.05) is 19.1 Å². The molecule has 1 unspecified atom stereocenters. The van der Waals surface area contributed by atoms with Crippen LogP contribution in [0.2, 0.25) is 5.02 Å². The van der Waals surface area contributed by atoms with E-state index in [1.165, 1.54) is 0 Å². The Hall–Kier alpha value is -1.06. The number of nitrogens with one attached hydrogen (secondary N) is 2. The number of benzene rings is 1. The van der Waals surface area contributed by atoms with Gasteiger partial charge in [-0.2, -0.15) is 0 Å². The molecule has 1 aromatic carbocycles. The van der Waals surface area contributed by atoms with Gasteiger partial charge in [-0.15, -0.1) is 0 Å². The predicted octanol–water partition coefficient (Wildman–Crippen LogP) is 2.73. The fourth-order valence-electron chi connectivity index (χ4n) is 2.09. The highest BCUT2D eigenvalue weighted by molar-refractivity contribution is 6.33. The summed E-state index contributed by atoms with van der Waals surface area (Å²) >= 11 is 6.03. The van der Waals surface area contributed by atoms with Gasteiger partial charge in [-0.05, 0) is 44.0 Å². The smallest absolute Gasteiger partial charge is 0.225 e. The highest BCUT2D eigenvalue weighted by atomic mass is 35.5. The van der Waals surface area contributed by atoms with Crippen LogP contribution in [0.1, 0.15) is 24.8 Å². The number of hydrogen-bond donors (Lipinski definition) is 2. The number of rotatable bonds is 3. The van der Waals surface area contributed by atoms with Gasteiger partial charge < -0.3 is 10.6 Å². The molecular formula is C13H17ClN2O. The second-order valence-corrected chi connectivity index (χ2v) is 4.94. The molecule has 0 spiro atoms. The van der Waals surface area contributed by atoms with Crippen LogP contribution in [0.15, 0.2) is 18.2 Å². The van der Waals surface area contributed by atoms with Crippen molar-refractivity contribution in [2.45, 2.75) is 32.2 Å². The Morgan fingerprint density at radius 1 is 1.59 bits per heavy atom. The van der Waals surface area contributed by atoms with E-state index in [1.54, 1.807) is 6.07 Å². The lowest BCUT2D eigenvalue weighted by Crippen LogP contribution is -2.27. The molecule has 1 saturated heterocycles. The molecule has 3 nitrogen and oxygen atoms in total. The van der Waals surface area contributed by atoms with E-state index in [4.69, 9.17) is 11.6 Å². The Balaban J connectivity index is 1.95. The highest BCUT2D eigenvalue weighted by Gasteiger charge is 2.18. The van der Waals surface area contributed by atoms with E-state index in [0.717, 1.165) is 24.9 Å². The maximum absolute atomic E-state index is 11.8. The quantitative estimate of drug-likeness (QED) is 0.869. The summed E-state index contributed by atoms with van der Waals surface area (Å²) in [5.41, 5.74) is 1.79. The van der Waals surface area contributed by atoms with Gasteiger partial charge in [-0.3, -0.25) is 4.79 Å². The topological polar surface area (TPSA) is 41.1 Å². The van der Waals surface area contributed by atoms with E-state index in [2.05, 4.69) is 10.6 Å². The second kappa shape index (κ2) is 5.52. The zero-order valence-corrected chi connectivity index (χ0v) is 10.7. The number of carbonyl (C=O) groups is 1. The molecule has 0 aromatic heterocycles. The van der Waals surface area contributed by atoms with Crippen LogP contribution in [0.3, 0.4) is 0 Å². The Morgan fingerprint density at radius 2 is 2.41 bits per heavy atom. The van der Waals surface area contributed by atoms with Crippen LogP contribution in [0.5, 0.6) is 0 Å². The molecule has 1 aliphatic rings. The third-order valence-corrected chi connectivity index (χ3v) is 3.32. The summed E-state index contributed by atoms with van der Waals surface area (Å²) in [5.74, 6) is 0.0249. The normalized spacial score (nSPS) is 19.3. The maximum Gasteiger partial charge on any atom is 0.225 e. The summed E-state index contributed by atoms with van der Waals surface area (Å²) in [6, 6.07) is 5.94. The van der Waals surface area contributed by atoms with E-state index in [0.29, 0.717) is 23.2 Å². The van der Waals surface area contributed by atoms with E-state index < -0.39 is 0 Å². The van der Waals surface area contributed by atoms with E-state index in [9.17, 15) is 4.79 Å². The number of amides is 1. The highest BCUT2D eigenvalue weighted by Crippen LogP contribution is 2.23. The third-order valence-electron chi connectivity index (χ3n) is 2.99. The average molecular weight is 253 g/mol. The van der Waals surface area contributed by atoms with Gasteiger partial charge in [0.15, 0.2) is 0 Å². The van der Waals surface area contributed by atoms with Gasteiger partial charge in [0.1, 0.15) is 0 Å². The molecule has 1 aromatic rings. The predicted molar refractivity (Wildman–Crippen MR) is 70.5 cm³/mol. The third kappa shape index (κ3) is 3.45. The molecule has 0 saturated carbocycles. The minimum Gasteiger partial charge on any atom is -0.325 e. The van der Waals surface area contributed by atoms with Crippen molar-refractivity contribution in [2.75, 3.05) is 11.9 Å². The van der Waals surface area contributed by atoms with Crippen molar-refractivity contribution in [2.24, 2.45) is 0 Å². The van der Waals surface area contributed by atoms with E-state index >= 15 is 0 Å². The minimum atomic E-state index is 0.0249. The molecule has 17 heavy (non-hydrogen) atoms. The fourth-order valence-corrected chi connectivity index (χ4v) is 2.26. The van der Waals surface area contributed by atoms with Gasteiger partial charge in [-0.25, -0.2) is 0 Å². The summed E-state index contributed by atoms with van der Waals surface area (Å²) in [5, 5.41) is 6.76. The number of halogens is 1. The lowest BCUT2D eigenvalue weighted by Gasteiger charge is -2.11. The van der Waals surface area contributed by atoms with Crippen LogP contribution in [-0.2, 0) is 4.79 Å². The lowest BCUT2D eigenvalue weighted by atomic mass is 10.1. The SMILES string of the molecule is Cc1ccc(Cl)c(NC(=O)CC2CCCN2)c1. The molecular weight excluding hydrogens is 236 g/mol. The minimum absolute atomic E-state index is 0.0249. The van der Waals surface area contributed by atoms with Crippen molar-refractivity contribution in [1.82, 2.24) is 5.32 Å². The van der Waals surface area contributed by atoms with Crippen molar-refractivity contribution in [3.05, 3.63) is 28.8 Å². The van der Waals surface area contributed by atoms with Crippen molar-refractivity contribution >= 4 is 23.2 Å². The van der Waals surface area contributed by atoms with E-state index in [-0.39, 0.29) is 5.91 Å². The Bertz CT molecular complexity index is 414. The summed E-state index contributed by atoms with van der Waals surface area (Å²) < 4.78 is 0. The number of carbonyl (C=O) groups excluding carboxylic acids is 1. The summed E-state index contributed by atoms with van der Waals surface area (Å²) in [7, 11) is 0. The number of anilines is 1. The molecule has 92 valence electrons. The van der Waals surface area contributed by atoms with Gasteiger partial charge in [0.2, 0.25) is 5.91 Å². The molecule has 0 aliphatic carbocycles. The number of hydrogen-bond acceptors (Lipinski definition) is 2. The van der Waals surface area contributed by atoms with Gasteiger partial charge in [0, 0.05) is 12.5 Å². The number of aryl methyl sites for hydroxylation is 1. The Kier molecular flexibility index (Phi) is 4.02. The molecule has 1 aliphatic heterocycles. The Labute approximate surface area is 107 Å². The van der Waals surface area contributed by atoms with Gasteiger partial charge >= 0.3 is 0 Å². The van der Waals surface area contributed by atoms with Gasteiger partial charge in [0.05, 0.1) is 10.7 Å². The van der Waals surface area contributed by atoms with Crippen LogP contribution >= 0.6 is 11.6 Å². The van der Waals surface area contributed by atoms with Crippen molar-refractivity contribution in [3.63, 3.8) is 0 Å². The maximum atomic E-state index is 11.8. The van der Waals surface area contributed by atoms with Crippen LogP contribution in [-0.4, -0.2) is 18.5 Å². The first-order valence-electron chi connectivity index (χ1n) is 5.94. The Morgan fingerprint density at radius 3 is 3.12 bits per heavy atom. The zero-order chi connectivity index (χ0) is 12.3. The van der Waals surface area contributed by atoms with Crippen molar-refractivity contribution in [3.8, 4) is 0 Å². The van der Waals surface area contributed by atoms with Crippen LogP contribution in [0, 0.1) is 6.92 Å². The molecule has 2 N–H and O–H groups in total. The summed E-state index contributed by atoms with van der Waals surface area (Å²) in [4.78, 5) is 11.8. The van der Waals surface area contributed by atoms with Crippen molar-refractivity contribution in [1.29, 1.82) is 0 Å². The standard InChI is InChI=1S/C13H17ClN2O/c1-9-4-5-11(14)12(7-9)16-13(17)8-10-3-2-6-15-10/h4-5,7,10,15H,2-3,6,8H2,1H3,(H,16,17). The van der Waals surface area contributed by atoms with Gasteiger partial charge in [-0.1, -0.05) is 17.7 Å². The second-order valence-electron chi connectivity index (χ2n) is 4.53. The molecule has 0 radical (unpaired) electrons. The van der Waals surface area contributed by atoms with Crippen molar-refractivity contribution < 1.29 is 4.79 Å². The largest absolute Gasteiger partial charge is 0.325 e. The zero-order valence-electron chi connectivity index (χ0n) is 9.92. The lowest BCUT2D eigenvalue weighted by molar-refractivity contribution is -0.116. The summed E-state index contributed by atoms with van der Waals surface area (Å²) in [6.07, 6.45) is 2.75. The first-order chi connectivity index (χ1) is 8.15. The van der Waals surface area contributed by atoms with Gasteiger partial charge in [0.25, 0.3) is 0 Å². The average Bonchev–Trinajstić information content (AvgIpc) is 2.76. The first kappa shape index (κ1) is 12.4. The molecule has 1 amide bonds. The van der Waals surface area contributed by atoms with Crippen LogP contribution in [0.4, 0.5) is 5.69 Å². The molecule has 0 bridgehead atoms. The molecule has 2 rings (SSSR count). The molecule has 4 heteroatoms. The molecule has 1 fully saturated rings. The monoisotopic (exact) mass is 252 g/mol. The molecule has 1 atom stereocenters.